The fourth-order valence-electron chi connectivity index (χ4n) is 6.00. The molecule has 0 radical (unpaired) electrons. The largest absolute Gasteiger partial charge is 0.478 e. The van der Waals surface area contributed by atoms with Gasteiger partial charge in [-0.05, 0) is 286 Å². The third kappa shape index (κ3) is 34.4. The van der Waals surface area contributed by atoms with E-state index in [1.807, 2.05) is 138 Å². The highest BCUT2D eigenvalue weighted by Crippen LogP contribution is 2.23. The van der Waals surface area contributed by atoms with Crippen molar-refractivity contribution in [2.45, 2.75) is 63.7 Å². The summed E-state index contributed by atoms with van der Waals surface area (Å²) in [6, 6.07) is 27.4. The molecule has 7 aromatic carbocycles. The van der Waals surface area contributed by atoms with Crippen LogP contribution in [0.15, 0.2) is 144 Å². The topological polar surface area (TPSA) is 255 Å². The second kappa shape index (κ2) is 41.3. The molecule has 0 spiro atoms. The number of nitrogen functional groups attached to an aromatic ring is 1. The average Bonchev–Trinajstić information content (AvgIpc) is 2.28. The normalized spacial score (nSPS) is 11.5. The lowest BCUT2D eigenvalue weighted by Gasteiger charge is -2.22. The Labute approximate surface area is 593 Å². The number of carboxylic acids is 1. The SMILES string of the molecule is C=C[C@@H](N[S@](=O)C(C)(C)C)c1cc(F)cc(I)c1.CC(C)(C)[S@@](=O)N=Cc1cc(F)cc(I)c1.COC(=O)c1cc(F)cc(I)c1.COC(=O)c1cc(N)cc(F)c1.O=C(O)c1cc(F)cc([N+](=O)[O-])c1.O=Cc1cc(F)cc(I)c1.OCc1cc(F)cc(I)c1. The van der Waals surface area contributed by atoms with Crippen molar-refractivity contribution in [1.29, 1.82) is 0 Å². The third-order valence-electron chi connectivity index (χ3n) is 10.1. The van der Waals surface area contributed by atoms with Crippen LogP contribution < -0.4 is 10.5 Å². The summed E-state index contributed by atoms with van der Waals surface area (Å²) in [5.74, 6) is -5.70. The number of ether oxygens (including phenoxy) is 2. The molecule has 0 amide bonds. The number of hydrogen-bond acceptors (Lipinski definition) is 12. The van der Waals surface area contributed by atoms with Crippen LogP contribution >= 0.6 is 113 Å². The highest BCUT2D eigenvalue weighted by atomic mass is 127. The van der Waals surface area contributed by atoms with Crippen LogP contribution in [-0.4, -0.2) is 77.7 Å². The Balaban J connectivity index is 0.000000536. The summed E-state index contributed by atoms with van der Waals surface area (Å²) < 4.78 is 132. The first-order valence-corrected chi connectivity index (χ1v) is 32.9. The second-order valence-corrected chi connectivity index (χ2v) is 29.8. The number of aliphatic hydroxyl groups is 1. The maximum Gasteiger partial charge on any atom is 0.338 e. The van der Waals surface area contributed by atoms with Crippen molar-refractivity contribution < 1.29 is 82.9 Å². The van der Waals surface area contributed by atoms with Crippen molar-refractivity contribution in [3.05, 3.63) is 248 Å². The van der Waals surface area contributed by atoms with Gasteiger partial charge in [-0.25, -0.2) is 58.3 Å². The van der Waals surface area contributed by atoms with E-state index in [0.717, 1.165) is 50.2 Å². The molecule has 0 heterocycles. The number of aldehydes is 1. The molecule has 5 N–H and O–H groups in total. The number of carboxylic acid groups (broad SMARTS) is 1. The van der Waals surface area contributed by atoms with Crippen molar-refractivity contribution in [2.75, 3.05) is 20.0 Å². The van der Waals surface area contributed by atoms with E-state index in [2.05, 4.69) is 47.8 Å². The fourth-order valence-corrected chi connectivity index (χ4v) is 10.7. The molecule has 0 aliphatic rings. The number of nitrogens with one attached hydrogen (secondary N) is 1. The Morgan fingerprint density at radius 2 is 1.03 bits per heavy atom. The predicted molar refractivity (Wildman–Crippen MR) is 380 cm³/mol. The lowest BCUT2D eigenvalue weighted by Crippen LogP contribution is -2.35. The van der Waals surface area contributed by atoms with Crippen molar-refractivity contribution >= 4 is 177 Å². The molecule has 0 unspecified atom stereocenters. The number of rotatable bonds is 12. The number of aliphatic hydroxyl groups excluding tert-OH is 1. The number of carbonyl (C=O) groups is 4. The van der Waals surface area contributed by atoms with Gasteiger partial charge in [-0.3, -0.25) is 14.9 Å². The van der Waals surface area contributed by atoms with E-state index in [9.17, 15) is 68.4 Å². The first-order chi connectivity index (χ1) is 42.2. The first kappa shape index (κ1) is 83.6. The number of benzene rings is 7. The second-order valence-electron chi connectivity index (χ2n) is 19.6. The Morgan fingerprint density at radius 1 is 0.615 bits per heavy atom. The van der Waals surface area contributed by atoms with E-state index in [-0.39, 0.29) is 57.5 Å². The van der Waals surface area contributed by atoms with Gasteiger partial charge >= 0.3 is 17.9 Å². The number of nitro benzene ring substituents is 1. The number of non-ortho nitro benzene ring substituents is 1. The van der Waals surface area contributed by atoms with Crippen LogP contribution in [0, 0.1) is 68.7 Å². The van der Waals surface area contributed by atoms with Gasteiger partial charge in [0, 0.05) is 41.4 Å². The molecular formula is C61H58F7I5N4O12S2. The van der Waals surface area contributed by atoms with Gasteiger partial charge in [-0.15, -0.1) is 6.58 Å². The summed E-state index contributed by atoms with van der Waals surface area (Å²) in [6.07, 6.45) is 3.71. The average molecular weight is 1870 g/mol. The Hall–Kier alpha value is -5.39. The number of aromatic carboxylic acids is 1. The van der Waals surface area contributed by atoms with Gasteiger partial charge in [0.1, 0.15) is 58.0 Å². The smallest absolute Gasteiger partial charge is 0.338 e. The van der Waals surface area contributed by atoms with Crippen LogP contribution in [0.5, 0.6) is 0 Å². The van der Waals surface area contributed by atoms with Crippen LogP contribution in [0.25, 0.3) is 0 Å². The molecule has 0 saturated carbocycles. The minimum Gasteiger partial charge on any atom is -0.478 e. The molecule has 91 heavy (non-hydrogen) atoms. The highest BCUT2D eigenvalue weighted by molar-refractivity contribution is 14.1. The number of carbonyl (C=O) groups excluding carboxylic acids is 3. The van der Waals surface area contributed by atoms with Gasteiger partial charge in [0.2, 0.25) is 0 Å². The number of methoxy groups -OCH3 is 2. The molecule has 490 valence electrons. The van der Waals surface area contributed by atoms with Crippen LogP contribution in [0.2, 0.25) is 0 Å². The Bertz CT molecular complexity index is 3530. The van der Waals surface area contributed by atoms with E-state index >= 15 is 0 Å². The molecule has 0 saturated heterocycles. The summed E-state index contributed by atoms with van der Waals surface area (Å²) in [4.78, 5) is 51.6. The van der Waals surface area contributed by atoms with Gasteiger partial charge in [0.15, 0.2) is 0 Å². The molecule has 3 atom stereocenters. The van der Waals surface area contributed by atoms with E-state index in [4.69, 9.17) is 15.9 Å². The number of nitro groups is 1. The molecular weight excluding hydrogens is 1810 g/mol. The fraction of sp³-hybridized carbons (Fsp3) is 0.197. The van der Waals surface area contributed by atoms with Crippen molar-refractivity contribution in [2.24, 2.45) is 4.40 Å². The molecule has 0 aliphatic carbocycles. The predicted octanol–water partition coefficient (Wildman–Crippen LogP) is 16.0. The molecule has 16 nitrogen and oxygen atoms in total. The van der Waals surface area contributed by atoms with Gasteiger partial charge in [-0.1, -0.05) is 6.08 Å². The van der Waals surface area contributed by atoms with Gasteiger partial charge < -0.3 is 25.4 Å². The van der Waals surface area contributed by atoms with Gasteiger partial charge in [0.05, 0.1) is 75.0 Å². The summed E-state index contributed by atoms with van der Waals surface area (Å²) in [5.41, 5.74) is 7.21. The minimum absolute atomic E-state index is 0.103. The quantitative estimate of drug-likeness (QED) is 0.0102. The van der Waals surface area contributed by atoms with Gasteiger partial charge in [0.25, 0.3) is 5.69 Å². The Morgan fingerprint density at radius 3 is 1.44 bits per heavy atom. The van der Waals surface area contributed by atoms with E-state index in [1.165, 1.54) is 81.1 Å². The maximum absolute atomic E-state index is 13.4. The molecule has 7 rings (SSSR count). The zero-order valence-electron chi connectivity index (χ0n) is 49.1. The van der Waals surface area contributed by atoms with Crippen LogP contribution in [0.1, 0.15) is 106 Å². The monoisotopic (exact) mass is 1870 g/mol. The lowest BCUT2D eigenvalue weighted by atomic mass is 10.1. The number of nitrogens with zero attached hydrogens (tertiary/aromatic N) is 2. The van der Waals surface area contributed by atoms with E-state index < -0.39 is 78.3 Å². The maximum atomic E-state index is 13.4. The van der Waals surface area contributed by atoms with E-state index in [1.54, 1.807) is 30.3 Å². The molecule has 7 aromatic rings. The van der Waals surface area contributed by atoms with Crippen molar-refractivity contribution in [3.63, 3.8) is 0 Å². The number of halogens is 12. The van der Waals surface area contributed by atoms with Crippen LogP contribution in [0.3, 0.4) is 0 Å². The zero-order chi connectivity index (χ0) is 69.7. The van der Waals surface area contributed by atoms with Crippen molar-refractivity contribution in [3.8, 4) is 0 Å². The number of hydrogen-bond donors (Lipinski definition) is 4. The number of nitrogens with two attached hydrogens (primary N) is 1. The molecule has 0 aliphatic heterocycles. The zero-order valence-corrected chi connectivity index (χ0v) is 61.6. The molecule has 30 heteroatoms. The number of esters is 2. The Kier molecular flexibility index (Phi) is 38.0. The molecule has 0 fully saturated rings. The van der Waals surface area contributed by atoms with E-state index in [0.29, 0.717) is 32.6 Å². The van der Waals surface area contributed by atoms with Crippen LogP contribution in [0.4, 0.5) is 42.1 Å². The standard InChI is InChI=1S/C13H17FINOS.C11H13FINOS.C8H6FIO2.C8H8FNO2.C7H6FIO.C7H4FIO.C7H4FNO4/c1-5-12(16-18(17)13(2,3)4)9-6-10(14)8-11(15)7-9;1-11(2,3)16(15)14-7-8-4-9(12)6-10(13)5-8;2*1-12-8(11)5-2-6(9)4-7(10)3-5;2*8-6-1-5(4-10)2-7(9)3-6;8-5-1-4(7(10)11)2-6(3-5)9(12)13/h5-8,12,16H,1H2,2-4H3;4-7H,1-3H3;2-4H,1H3;2-4H,10H2,1H3;1-3,10H,4H2;1-4H;1-3H,(H,10,11)/t12-,18-;16-;;;;;/m11...../s1. The van der Waals surface area contributed by atoms with Gasteiger partial charge in [-0.2, -0.15) is 4.40 Å². The summed E-state index contributed by atoms with van der Waals surface area (Å²) >= 11 is 9.97. The highest BCUT2D eigenvalue weighted by Gasteiger charge is 2.23. The summed E-state index contributed by atoms with van der Waals surface area (Å²) in [6.45, 7) is 14.8. The van der Waals surface area contributed by atoms with Crippen LogP contribution in [-0.2, 0) is 38.1 Å². The lowest BCUT2D eigenvalue weighted by molar-refractivity contribution is -0.385. The summed E-state index contributed by atoms with van der Waals surface area (Å²) in [5, 5.41) is 27.2. The minimum atomic E-state index is -1.40. The third-order valence-corrected chi connectivity index (χ3v) is 16.1. The number of anilines is 1. The van der Waals surface area contributed by atoms with Crippen molar-refractivity contribution in [1.82, 2.24) is 4.72 Å². The molecule has 0 bridgehead atoms. The molecule has 0 aromatic heterocycles. The summed E-state index contributed by atoms with van der Waals surface area (Å²) in [7, 11) is -0.0440. The first-order valence-electron chi connectivity index (χ1n) is 25.3.